The predicted molar refractivity (Wildman–Crippen MR) is 188 cm³/mol. The number of likely N-dealkylation sites (tertiary alicyclic amines) is 1. The van der Waals surface area contributed by atoms with Gasteiger partial charge in [-0.25, -0.2) is 0 Å². The molecule has 0 aromatic heterocycles. The smallest absolute Gasteiger partial charge is 0.165 e. The molecule has 2 aliphatic heterocycles. The number of hydrogen-bond acceptors (Lipinski definition) is 5. The molecule has 1 saturated heterocycles. The first-order valence-electron chi connectivity index (χ1n) is 18.8. The summed E-state index contributed by atoms with van der Waals surface area (Å²) in [6.07, 6.45) is 14.8. The van der Waals surface area contributed by atoms with Crippen molar-refractivity contribution in [2.24, 2.45) is 5.92 Å². The standard InChI is InChI=1S/C42H54N2O3/c1-46-36-22-21-34-29-37-42(45)24-23-35(40-41(42,38(34)39(36)47-40)25-28-44(37)30-33-19-20-33)43(27-12-18-32-16-9-5-10-17-32)26-11-3-2-6-13-31-14-7-4-8-15-31/h4-5,7-10,14-17,21-22,33,35,37,40,45H,2-3,6,11-13,18-20,23-30H2,1H3/t35-,37+,40-,41-,42+/m0/s1. The van der Waals surface area contributed by atoms with Gasteiger partial charge in [-0.1, -0.05) is 79.6 Å². The molecular weight excluding hydrogens is 580 g/mol. The van der Waals surface area contributed by atoms with Gasteiger partial charge in [-0.05, 0) is 119 Å². The third-order valence-corrected chi connectivity index (χ3v) is 12.7. The molecule has 5 nitrogen and oxygen atoms in total. The summed E-state index contributed by atoms with van der Waals surface area (Å²) in [6.45, 7) is 4.36. The fraction of sp³-hybridized carbons (Fsp3) is 0.571. The van der Waals surface area contributed by atoms with Gasteiger partial charge in [0.2, 0.25) is 0 Å². The number of nitrogens with zero attached hydrogens (tertiary/aromatic N) is 2. The molecule has 0 radical (unpaired) electrons. The highest BCUT2D eigenvalue weighted by Crippen LogP contribution is 2.66. The van der Waals surface area contributed by atoms with E-state index in [-0.39, 0.29) is 23.6 Å². The van der Waals surface area contributed by atoms with E-state index in [0.29, 0.717) is 0 Å². The second-order valence-electron chi connectivity index (χ2n) is 15.4. The van der Waals surface area contributed by atoms with Crippen molar-refractivity contribution in [1.29, 1.82) is 0 Å². The van der Waals surface area contributed by atoms with Crippen LogP contribution in [-0.2, 0) is 24.7 Å². The topological polar surface area (TPSA) is 45.2 Å². The predicted octanol–water partition coefficient (Wildman–Crippen LogP) is 7.37. The van der Waals surface area contributed by atoms with Gasteiger partial charge in [0, 0.05) is 24.2 Å². The highest BCUT2D eigenvalue weighted by molar-refractivity contribution is 5.63. The van der Waals surface area contributed by atoms with Crippen LogP contribution < -0.4 is 9.47 Å². The summed E-state index contributed by atoms with van der Waals surface area (Å²) in [5, 5.41) is 13.1. The van der Waals surface area contributed by atoms with Crippen molar-refractivity contribution in [3.63, 3.8) is 0 Å². The van der Waals surface area contributed by atoms with Crippen LogP contribution in [0.5, 0.6) is 11.5 Å². The summed E-state index contributed by atoms with van der Waals surface area (Å²) in [4.78, 5) is 5.47. The van der Waals surface area contributed by atoms with E-state index in [9.17, 15) is 5.11 Å². The minimum absolute atomic E-state index is 0.0491. The van der Waals surface area contributed by atoms with Crippen molar-refractivity contribution in [3.8, 4) is 11.5 Å². The summed E-state index contributed by atoms with van der Waals surface area (Å²) in [7, 11) is 1.77. The van der Waals surface area contributed by atoms with Gasteiger partial charge < -0.3 is 14.6 Å². The van der Waals surface area contributed by atoms with Crippen LogP contribution in [0.1, 0.15) is 86.5 Å². The number of ether oxygens (including phenoxy) is 2. The number of hydrogen-bond donors (Lipinski definition) is 1. The minimum atomic E-state index is -0.765. The Labute approximate surface area is 282 Å². The monoisotopic (exact) mass is 634 g/mol. The minimum Gasteiger partial charge on any atom is -0.493 e. The second kappa shape index (κ2) is 13.2. The molecule has 1 N–H and O–H groups in total. The van der Waals surface area contributed by atoms with Crippen molar-refractivity contribution in [2.45, 2.75) is 113 Å². The molecule has 3 fully saturated rings. The highest BCUT2D eigenvalue weighted by atomic mass is 16.5. The quantitative estimate of drug-likeness (QED) is 0.177. The number of methoxy groups -OCH3 is 1. The van der Waals surface area contributed by atoms with E-state index >= 15 is 0 Å². The summed E-state index contributed by atoms with van der Waals surface area (Å²) in [5.41, 5.74) is 4.41. The van der Waals surface area contributed by atoms with Crippen LogP contribution in [0.2, 0.25) is 0 Å². The van der Waals surface area contributed by atoms with E-state index in [4.69, 9.17) is 9.47 Å². The van der Waals surface area contributed by atoms with Gasteiger partial charge in [0.15, 0.2) is 11.5 Å². The summed E-state index contributed by atoms with van der Waals surface area (Å²) < 4.78 is 13.1. The number of benzene rings is 3. The Morgan fingerprint density at radius 1 is 0.830 bits per heavy atom. The average molecular weight is 635 g/mol. The maximum atomic E-state index is 13.1. The Hall–Kier alpha value is -2.86. The molecule has 3 aromatic rings. The molecule has 5 heteroatoms. The van der Waals surface area contributed by atoms with Gasteiger partial charge in [0.05, 0.1) is 18.1 Å². The highest BCUT2D eigenvalue weighted by Gasteiger charge is 2.73. The SMILES string of the molecule is COc1ccc2c3c1O[C@H]1[C@@H](N(CCCCCCc4ccccc4)CCCc4ccccc4)CC[C@@]4(O)[C@@H](C2)N(CC2CC2)CC[C@]314. The Bertz CT molecular complexity index is 1510. The van der Waals surface area contributed by atoms with Gasteiger partial charge in [-0.15, -0.1) is 0 Å². The number of piperidine rings is 1. The number of rotatable bonds is 15. The third kappa shape index (κ3) is 5.70. The molecule has 0 unspecified atom stereocenters. The fourth-order valence-electron chi connectivity index (χ4n) is 10.2. The molecule has 5 aliphatic rings. The third-order valence-electron chi connectivity index (χ3n) is 12.7. The summed E-state index contributed by atoms with van der Waals surface area (Å²) >= 11 is 0. The molecule has 47 heavy (non-hydrogen) atoms. The van der Waals surface area contributed by atoms with Crippen LogP contribution in [0.15, 0.2) is 72.8 Å². The Balaban J connectivity index is 1.04. The lowest BCUT2D eigenvalue weighted by atomic mass is 9.48. The lowest BCUT2D eigenvalue weighted by Crippen LogP contribution is -2.78. The zero-order valence-corrected chi connectivity index (χ0v) is 28.4. The zero-order valence-electron chi connectivity index (χ0n) is 28.4. The van der Waals surface area contributed by atoms with Crippen LogP contribution in [0.3, 0.4) is 0 Å². The average Bonchev–Trinajstić information content (AvgIpc) is 3.85. The summed E-state index contributed by atoms with van der Waals surface area (Å²) in [5.74, 6) is 2.58. The van der Waals surface area contributed by atoms with Gasteiger partial charge in [0.25, 0.3) is 0 Å². The Morgan fingerprint density at radius 2 is 1.53 bits per heavy atom. The van der Waals surface area contributed by atoms with Crippen LogP contribution in [0.4, 0.5) is 0 Å². The molecule has 3 aromatic carbocycles. The van der Waals surface area contributed by atoms with E-state index in [0.717, 1.165) is 82.1 Å². The molecule has 2 saturated carbocycles. The van der Waals surface area contributed by atoms with E-state index in [2.05, 4.69) is 82.6 Å². The van der Waals surface area contributed by atoms with Crippen molar-refractivity contribution < 1.29 is 14.6 Å². The van der Waals surface area contributed by atoms with Crippen molar-refractivity contribution >= 4 is 0 Å². The number of aryl methyl sites for hydroxylation is 2. The molecule has 2 bridgehead atoms. The Kier molecular flexibility index (Phi) is 8.83. The fourth-order valence-corrected chi connectivity index (χ4v) is 10.2. The Morgan fingerprint density at radius 3 is 2.26 bits per heavy atom. The van der Waals surface area contributed by atoms with Gasteiger partial charge in [-0.3, -0.25) is 9.80 Å². The van der Waals surface area contributed by atoms with E-state index in [1.165, 1.54) is 67.2 Å². The van der Waals surface area contributed by atoms with E-state index in [1.54, 1.807) is 7.11 Å². The molecule has 2 heterocycles. The van der Waals surface area contributed by atoms with Crippen molar-refractivity contribution in [2.75, 3.05) is 33.3 Å². The maximum absolute atomic E-state index is 13.1. The molecule has 5 atom stereocenters. The van der Waals surface area contributed by atoms with E-state index in [1.807, 2.05) is 0 Å². The largest absolute Gasteiger partial charge is 0.493 e. The lowest BCUT2D eigenvalue weighted by Gasteiger charge is -2.65. The molecule has 3 aliphatic carbocycles. The normalized spacial score (nSPS) is 29.0. The molecular formula is C42H54N2O3. The summed E-state index contributed by atoms with van der Waals surface area (Å²) in [6, 6.07) is 26.7. The second-order valence-corrected chi connectivity index (χ2v) is 15.4. The van der Waals surface area contributed by atoms with Gasteiger partial charge in [0.1, 0.15) is 6.10 Å². The molecule has 1 spiro atoms. The molecule has 8 rings (SSSR count). The van der Waals surface area contributed by atoms with Crippen molar-refractivity contribution in [1.82, 2.24) is 9.80 Å². The molecule has 250 valence electrons. The van der Waals surface area contributed by atoms with Crippen LogP contribution >= 0.6 is 0 Å². The first-order chi connectivity index (χ1) is 23.1. The van der Waals surface area contributed by atoms with Gasteiger partial charge >= 0.3 is 0 Å². The molecule has 0 amide bonds. The lowest BCUT2D eigenvalue weighted by molar-refractivity contribution is -0.200. The maximum Gasteiger partial charge on any atom is 0.165 e. The number of unbranched alkanes of at least 4 members (excludes halogenated alkanes) is 3. The van der Waals surface area contributed by atoms with Crippen LogP contribution in [0.25, 0.3) is 0 Å². The number of aliphatic hydroxyl groups is 1. The van der Waals surface area contributed by atoms with Crippen molar-refractivity contribution in [3.05, 3.63) is 95.1 Å². The van der Waals surface area contributed by atoms with E-state index < -0.39 is 5.60 Å². The first kappa shape index (κ1) is 31.4. The van der Waals surface area contributed by atoms with Crippen LogP contribution in [-0.4, -0.2) is 72.0 Å². The van der Waals surface area contributed by atoms with Crippen LogP contribution in [0, 0.1) is 5.92 Å². The van der Waals surface area contributed by atoms with Gasteiger partial charge in [-0.2, -0.15) is 0 Å². The first-order valence-corrected chi connectivity index (χ1v) is 18.8. The zero-order chi connectivity index (χ0) is 31.8.